The van der Waals surface area contributed by atoms with Crippen LogP contribution >= 0.6 is 0 Å². The van der Waals surface area contributed by atoms with Gasteiger partial charge in [0.15, 0.2) is 0 Å². The maximum absolute atomic E-state index is 2.73. The van der Waals surface area contributed by atoms with E-state index in [0.717, 1.165) is 0 Å². The zero-order valence-electron chi connectivity index (χ0n) is 33.2. The third kappa shape index (κ3) is 28.8. The summed E-state index contributed by atoms with van der Waals surface area (Å²) in [7, 11) is 0. The van der Waals surface area contributed by atoms with Gasteiger partial charge < -0.3 is 9.80 Å². The lowest BCUT2D eigenvalue weighted by molar-refractivity contribution is 0.135. The molecule has 0 bridgehead atoms. The van der Waals surface area contributed by atoms with Crippen LogP contribution in [0.25, 0.3) is 0 Å². The highest BCUT2D eigenvalue weighted by atomic mass is 15.4. The third-order valence-electron chi connectivity index (χ3n) is 11.1. The molecule has 280 valence electrons. The molecule has 0 N–H and O–H groups in total. The first-order chi connectivity index (χ1) is 23.3. The Morgan fingerprint density at radius 1 is 0.277 bits per heavy atom. The Labute approximate surface area is 299 Å². The van der Waals surface area contributed by atoms with Gasteiger partial charge in [-0.1, -0.05) is 233 Å². The van der Waals surface area contributed by atoms with E-state index < -0.39 is 0 Å². The summed E-state index contributed by atoms with van der Waals surface area (Å²) in [6, 6.07) is 0. The van der Waals surface area contributed by atoms with E-state index in [4.69, 9.17) is 0 Å². The van der Waals surface area contributed by atoms with Crippen LogP contribution < -0.4 is 0 Å². The Morgan fingerprint density at radius 2 is 0.489 bits per heavy atom. The van der Waals surface area contributed by atoms with Crippen LogP contribution in [0.15, 0.2) is 12.4 Å². The van der Waals surface area contributed by atoms with Crippen molar-refractivity contribution in [2.45, 2.75) is 265 Å². The highest BCUT2D eigenvalue weighted by Gasteiger charge is 2.24. The second-order valence-electron chi connectivity index (χ2n) is 15.7. The lowest BCUT2D eigenvalue weighted by Crippen LogP contribution is -2.39. The van der Waals surface area contributed by atoms with Gasteiger partial charge in [-0.15, -0.1) is 0 Å². The predicted molar refractivity (Wildman–Crippen MR) is 214 cm³/mol. The van der Waals surface area contributed by atoms with Gasteiger partial charge >= 0.3 is 0 Å². The van der Waals surface area contributed by atoms with Gasteiger partial charge in [-0.2, -0.15) is 0 Å². The van der Waals surface area contributed by atoms with Gasteiger partial charge in [0.2, 0.25) is 0 Å². The molecular formula is C45H90N2. The molecule has 0 aromatic heterocycles. The van der Waals surface area contributed by atoms with Crippen molar-refractivity contribution in [3.8, 4) is 0 Å². The lowest BCUT2D eigenvalue weighted by atomic mass is 10.0. The quantitative estimate of drug-likeness (QED) is 0.0606. The molecule has 0 spiro atoms. The average molecular weight is 659 g/mol. The van der Waals surface area contributed by atoms with Gasteiger partial charge in [0.05, 0.1) is 0 Å². The Balaban J connectivity index is 2.16. The van der Waals surface area contributed by atoms with Crippen molar-refractivity contribution < 1.29 is 0 Å². The summed E-state index contributed by atoms with van der Waals surface area (Å²) >= 11 is 0. The van der Waals surface area contributed by atoms with Gasteiger partial charge in [-0.3, -0.25) is 0 Å². The van der Waals surface area contributed by atoms with E-state index in [1.54, 1.807) is 0 Å². The molecule has 1 rings (SSSR count). The van der Waals surface area contributed by atoms with Crippen LogP contribution in [0, 0.1) is 0 Å². The predicted octanol–water partition coefficient (Wildman–Crippen LogP) is 15.9. The Hall–Kier alpha value is -0.660. The van der Waals surface area contributed by atoms with Crippen molar-refractivity contribution in [1.82, 2.24) is 9.80 Å². The van der Waals surface area contributed by atoms with Crippen LogP contribution in [-0.2, 0) is 0 Å². The third-order valence-corrected chi connectivity index (χ3v) is 11.1. The van der Waals surface area contributed by atoms with Crippen LogP contribution in [-0.4, -0.2) is 29.1 Å². The number of nitrogens with zero attached hydrogens (tertiary/aromatic N) is 2. The molecule has 0 aliphatic carbocycles. The van der Waals surface area contributed by atoms with Crippen LogP contribution in [0.5, 0.6) is 0 Å². The van der Waals surface area contributed by atoms with Crippen LogP contribution in [0.2, 0.25) is 0 Å². The normalized spacial score (nSPS) is 14.7. The molecule has 1 aliphatic heterocycles. The molecule has 0 radical (unpaired) electrons. The molecule has 0 aromatic rings. The van der Waals surface area contributed by atoms with Gasteiger partial charge in [0.25, 0.3) is 0 Å². The van der Waals surface area contributed by atoms with Crippen LogP contribution in [0.1, 0.15) is 258 Å². The molecule has 0 aromatic carbocycles. The van der Waals surface area contributed by atoms with E-state index in [1.165, 1.54) is 251 Å². The van der Waals surface area contributed by atoms with Crippen LogP contribution in [0.4, 0.5) is 0 Å². The van der Waals surface area contributed by atoms with Gasteiger partial charge in [0.1, 0.15) is 6.17 Å². The summed E-state index contributed by atoms with van der Waals surface area (Å²) < 4.78 is 0. The first kappa shape index (κ1) is 44.4. The molecule has 0 saturated carbocycles. The van der Waals surface area contributed by atoms with Crippen molar-refractivity contribution in [1.29, 1.82) is 0 Å². The topological polar surface area (TPSA) is 6.48 Å². The van der Waals surface area contributed by atoms with Gasteiger partial charge in [-0.25, -0.2) is 0 Å². The smallest absolute Gasteiger partial charge is 0.101 e. The zero-order chi connectivity index (χ0) is 33.7. The molecule has 47 heavy (non-hydrogen) atoms. The minimum Gasteiger partial charge on any atom is -0.356 e. The summed E-state index contributed by atoms with van der Waals surface area (Å²) in [5.41, 5.74) is 0. The monoisotopic (exact) mass is 659 g/mol. The number of hydrogen-bond acceptors (Lipinski definition) is 2. The van der Waals surface area contributed by atoms with Gasteiger partial charge in [0, 0.05) is 25.5 Å². The Morgan fingerprint density at radius 3 is 0.745 bits per heavy atom. The summed E-state index contributed by atoms with van der Waals surface area (Å²) in [5, 5.41) is 0. The van der Waals surface area contributed by atoms with Crippen molar-refractivity contribution >= 4 is 0 Å². The van der Waals surface area contributed by atoms with Crippen molar-refractivity contribution in [2.24, 2.45) is 0 Å². The SMILES string of the molecule is CCCCCCCCCCCCCCCCCCCC1N(CCCCCCCCCC)C=CN1CCCCCCCCCCCCC. The fraction of sp³-hybridized carbons (Fsp3) is 0.956. The Kier molecular flexibility index (Phi) is 34.6. The number of unbranched alkanes of at least 4 members (excludes halogenated alkanes) is 33. The van der Waals surface area contributed by atoms with Crippen LogP contribution in [0.3, 0.4) is 0 Å². The molecular weight excluding hydrogens is 569 g/mol. The molecule has 1 unspecified atom stereocenters. The first-order valence-corrected chi connectivity index (χ1v) is 22.5. The number of rotatable bonds is 39. The second-order valence-corrected chi connectivity index (χ2v) is 15.7. The molecule has 2 nitrogen and oxygen atoms in total. The minimum absolute atomic E-state index is 0.638. The zero-order valence-corrected chi connectivity index (χ0v) is 33.2. The molecule has 1 atom stereocenters. The Bertz CT molecular complexity index is 615. The molecule has 2 heteroatoms. The van der Waals surface area contributed by atoms with E-state index in [9.17, 15) is 0 Å². The lowest BCUT2D eigenvalue weighted by Gasteiger charge is -2.33. The maximum atomic E-state index is 2.73. The summed E-state index contributed by atoms with van der Waals surface area (Å²) in [6.07, 6.45) is 58.9. The molecule has 0 fully saturated rings. The largest absolute Gasteiger partial charge is 0.356 e. The molecule has 0 saturated heterocycles. The maximum Gasteiger partial charge on any atom is 0.101 e. The minimum atomic E-state index is 0.638. The fourth-order valence-corrected chi connectivity index (χ4v) is 7.78. The van der Waals surface area contributed by atoms with E-state index in [-0.39, 0.29) is 0 Å². The molecule has 1 aliphatic rings. The van der Waals surface area contributed by atoms with Gasteiger partial charge in [-0.05, 0) is 25.7 Å². The summed E-state index contributed by atoms with van der Waals surface area (Å²) in [5.74, 6) is 0. The van der Waals surface area contributed by atoms with Crippen molar-refractivity contribution in [2.75, 3.05) is 13.1 Å². The van der Waals surface area contributed by atoms with E-state index in [0.29, 0.717) is 6.17 Å². The fourth-order valence-electron chi connectivity index (χ4n) is 7.78. The van der Waals surface area contributed by atoms with E-state index >= 15 is 0 Å². The molecule has 0 amide bonds. The average Bonchev–Trinajstić information content (AvgIpc) is 3.47. The standard InChI is InChI=1S/C45H90N2/c1-4-7-10-13-16-19-21-22-23-24-25-26-27-29-31-34-37-40-45-46(41-38-35-32-18-15-12-9-6-3)43-44-47(45)42-39-36-33-30-28-20-17-14-11-8-5-2/h43-45H,4-42H2,1-3H3. The highest BCUT2D eigenvalue weighted by Crippen LogP contribution is 2.24. The van der Waals surface area contributed by atoms with E-state index in [1.807, 2.05) is 0 Å². The first-order valence-electron chi connectivity index (χ1n) is 22.5. The second kappa shape index (κ2) is 36.6. The summed E-state index contributed by atoms with van der Waals surface area (Å²) in [6.45, 7) is 9.49. The number of hydrogen-bond donors (Lipinski definition) is 0. The summed E-state index contributed by atoms with van der Waals surface area (Å²) in [4.78, 5) is 5.45. The highest BCUT2D eigenvalue weighted by molar-refractivity contribution is 4.97. The van der Waals surface area contributed by atoms with Crippen molar-refractivity contribution in [3.05, 3.63) is 12.4 Å². The molecule has 1 heterocycles. The van der Waals surface area contributed by atoms with Crippen molar-refractivity contribution in [3.63, 3.8) is 0 Å². The van der Waals surface area contributed by atoms with E-state index in [2.05, 4.69) is 43.0 Å².